The summed E-state index contributed by atoms with van der Waals surface area (Å²) in [4.78, 5) is 57.0. The third-order valence-corrected chi connectivity index (χ3v) is 13.8. The molecule has 1 fully saturated rings. The minimum atomic E-state index is -2.14. The van der Waals surface area contributed by atoms with Gasteiger partial charge in [-0.05, 0) is 32.1 Å². The minimum Gasteiger partial charge on any atom is -0.507 e. The molecule has 1 aliphatic carbocycles. The number of methoxy groups -OCH3 is 1. The van der Waals surface area contributed by atoms with Crippen LogP contribution in [0.15, 0.2) is 46.7 Å². The Kier molecular flexibility index (Phi) is 16.8. The highest BCUT2D eigenvalue weighted by molar-refractivity contribution is 8.04. The van der Waals surface area contributed by atoms with Gasteiger partial charge in [0.05, 0.1) is 58.9 Å². The number of Topliss-reactive ketones (excluding diaryl/α,β-unsaturated/α-hetero) is 3. The van der Waals surface area contributed by atoms with E-state index in [1.165, 1.54) is 46.1 Å². The van der Waals surface area contributed by atoms with Gasteiger partial charge in [0.2, 0.25) is 11.6 Å². The van der Waals surface area contributed by atoms with Gasteiger partial charge >= 0.3 is 5.79 Å². The van der Waals surface area contributed by atoms with Gasteiger partial charge in [0, 0.05) is 61.1 Å². The summed E-state index contributed by atoms with van der Waals surface area (Å²) in [6, 6.07) is 0. The summed E-state index contributed by atoms with van der Waals surface area (Å²) in [5, 5.41) is 93.4. The molecule has 1 saturated heterocycles. The lowest BCUT2D eigenvalue weighted by Crippen LogP contribution is -2.64. The number of aromatic hydroxyl groups is 1. The van der Waals surface area contributed by atoms with Crippen molar-refractivity contribution >= 4 is 52.3 Å². The first-order valence-corrected chi connectivity index (χ1v) is 22.4. The fourth-order valence-electron chi connectivity index (χ4n) is 8.13. The number of hydrogen-bond donors (Lipinski definition) is 11. The Bertz CT molecular complexity index is 2160. The number of hydrogen-bond acceptors (Lipinski definition) is 18. The third-order valence-electron chi connectivity index (χ3n) is 12.5. The predicted octanol–water partition coefficient (Wildman–Crippen LogP) is 0.384. The van der Waals surface area contributed by atoms with E-state index in [1.54, 1.807) is 33.8 Å². The maximum absolute atomic E-state index is 14.7. The van der Waals surface area contributed by atoms with Crippen LogP contribution in [0.1, 0.15) is 78.2 Å². The lowest BCUT2D eigenvalue weighted by Gasteiger charge is -2.40. The average molecular weight is 950 g/mol. The third kappa shape index (κ3) is 10.3. The van der Waals surface area contributed by atoms with E-state index in [1.807, 2.05) is 0 Å². The lowest BCUT2D eigenvalue weighted by molar-refractivity contribution is -0.232. The van der Waals surface area contributed by atoms with Crippen LogP contribution >= 0.6 is 24.0 Å². The number of aliphatic hydroxyl groups excluding tert-OH is 7. The molecule has 1 aromatic rings. The molecule has 1 aromatic carbocycles. The normalized spacial score (nSPS) is 36.5. The molecule has 21 heteroatoms. The Labute approximate surface area is 385 Å². The molecule has 5 bridgehead atoms. The first-order valence-electron chi connectivity index (χ1n) is 21.0. The highest BCUT2D eigenvalue weighted by Gasteiger charge is 2.53. The molecule has 4 aliphatic heterocycles. The molecule has 6 rings (SSSR count). The number of nitrogens with one attached hydrogen (secondary N) is 3. The quantitative estimate of drug-likeness (QED) is 0.130. The van der Waals surface area contributed by atoms with Gasteiger partial charge in [-0.15, -0.1) is 11.8 Å². The van der Waals surface area contributed by atoms with Crippen LogP contribution < -0.4 is 20.7 Å². The van der Waals surface area contributed by atoms with Crippen LogP contribution in [-0.4, -0.2) is 156 Å². The molecule has 65 heavy (non-hydrogen) atoms. The number of benzene rings is 1. The number of thiocarbonyl (C=S) groups is 1. The van der Waals surface area contributed by atoms with E-state index in [2.05, 4.69) is 16.0 Å². The zero-order valence-corrected chi connectivity index (χ0v) is 38.8. The zero-order chi connectivity index (χ0) is 48.4. The second-order valence-electron chi connectivity index (χ2n) is 16.9. The van der Waals surface area contributed by atoms with Crippen molar-refractivity contribution in [3.8, 4) is 11.5 Å². The Morgan fingerprint density at radius 3 is 2.17 bits per heavy atom. The molecular weight excluding hydrogens is 891 g/mol. The average Bonchev–Trinajstić information content (AvgIpc) is 3.54. The van der Waals surface area contributed by atoms with E-state index in [0.29, 0.717) is 0 Å². The number of fused-ring (bicyclic) bond motifs is 14. The molecular formula is C44H59N3O16S2. The molecule has 0 unspecified atom stereocenters. The fourth-order valence-corrected chi connectivity index (χ4v) is 9.28. The van der Waals surface area contributed by atoms with Crippen molar-refractivity contribution in [2.75, 3.05) is 26.0 Å². The summed E-state index contributed by atoms with van der Waals surface area (Å²) in [6.45, 7) is 10.1. The minimum absolute atomic E-state index is 0.0207. The van der Waals surface area contributed by atoms with Crippen molar-refractivity contribution in [3.05, 3.63) is 69.0 Å². The topological polar surface area (TPSA) is 303 Å². The first-order chi connectivity index (χ1) is 30.5. The Morgan fingerprint density at radius 2 is 1.52 bits per heavy atom. The molecule has 1 amide bonds. The van der Waals surface area contributed by atoms with E-state index in [4.69, 9.17) is 31.2 Å². The summed E-state index contributed by atoms with van der Waals surface area (Å²) in [5.74, 6) is -9.28. The maximum Gasteiger partial charge on any atom is 0.312 e. The summed E-state index contributed by atoms with van der Waals surface area (Å²) >= 11 is 6.12. The van der Waals surface area contributed by atoms with E-state index in [9.17, 15) is 60.0 Å². The molecule has 0 aromatic heterocycles. The van der Waals surface area contributed by atoms with Gasteiger partial charge in [0.15, 0.2) is 11.3 Å². The van der Waals surface area contributed by atoms with Gasteiger partial charge in [-0.1, -0.05) is 45.9 Å². The van der Waals surface area contributed by atoms with Crippen LogP contribution in [0.5, 0.6) is 11.5 Å². The van der Waals surface area contributed by atoms with Crippen LogP contribution in [0.2, 0.25) is 0 Å². The van der Waals surface area contributed by atoms with E-state index in [-0.39, 0.29) is 44.8 Å². The van der Waals surface area contributed by atoms with Crippen LogP contribution in [0.4, 0.5) is 0 Å². The molecule has 0 spiro atoms. The lowest BCUT2D eigenvalue weighted by atomic mass is 9.78. The number of phenolic OH excluding ortho intramolecular Hbond substituents is 1. The van der Waals surface area contributed by atoms with E-state index >= 15 is 0 Å². The van der Waals surface area contributed by atoms with Gasteiger partial charge in [-0.25, -0.2) is 0 Å². The van der Waals surface area contributed by atoms with Crippen molar-refractivity contribution in [3.63, 3.8) is 0 Å². The van der Waals surface area contributed by atoms with Gasteiger partial charge < -0.3 is 75.8 Å². The van der Waals surface area contributed by atoms with Crippen LogP contribution in [0.25, 0.3) is 0 Å². The van der Waals surface area contributed by atoms with Crippen molar-refractivity contribution in [1.29, 1.82) is 0 Å². The number of carbonyl (C=O) groups excluding carboxylic acids is 4. The number of amides is 1. The van der Waals surface area contributed by atoms with Gasteiger partial charge in [0.1, 0.15) is 41.6 Å². The summed E-state index contributed by atoms with van der Waals surface area (Å²) in [5.41, 5.74) is -1.85. The van der Waals surface area contributed by atoms with Crippen LogP contribution in [0.3, 0.4) is 0 Å². The fraction of sp³-hybridized carbons (Fsp3) is 0.568. The van der Waals surface area contributed by atoms with E-state index < -0.39 is 137 Å². The second kappa shape index (κ2) is 21.1. The number of ether oxygens (including phenoxy) is 4. The Hall–Kier alpha value is -4.26. The van der Waals surface area contributed by atoms with E-state index in [0.717, 1.165) is 18.0 Å². The molecule has 14 atom stereocenters. The highest BCUT2D eigenvalue weighted by Crippen LogP contribution is 2.49. The molecule has 19 nitrogen and oxygen atoms in total. The zero-order valence-electron chi connectivity index (χ0n) is 37.2. The summed E-state index contributed by atoms with van der Waals surface area (Å²) < 4.78 is 23.0. The number of aliphatic hydroxyl groups is 7. The second-order valence-corrected chi connectivity index (χ2v) is 18.4. The van der Waals surface area contributed by atoms with Crippen molar-refractivity contribution < 1.29 is 79.0 Å². The molecule has 4 heterocycles. The number of rotatable bonds is 7. The monoisotopic (exact) mass is 949 g/mol. The number of phenols is 1. The number of ketones is 3. The SMILES string of the molecule is CO[C@H]1/C=C/O[C@@]2(C)Oc3c(C)c(O)c4c(c3C2=O)C(=O)C(SCCNC(=S)N[C@@H]2O[C@H](CO)[C@@H](O)[C@H](O)[C@H]2O)=C(NC(=O)/C(C)=C\C=C\[C@@H](C)[C@H](O)[C@@H](C)[C@H](O)[C@@H](C)[C@H](O)[C@@H]1C)C4=O. The number of allylic oxidation sites excluding steroid dienone is 4. The summed E-state index contributed by atoms with van der Waals surface area (Å²) in [7, 11) is 1.39. The first kappa shape index (κ1) is 51.7. The van der Waals surface area contributed by atoms with Crippen LogP contribution in [0, 0.1) is 30.6 Å². The van der Waals surface area contributed by atoms with Crippen molar-refractivity contribution in [2.45, 2.75) is 109 Å². The largest absolute Gasteiger partial charge is 0.507 e. The Morgan fingerprint density at radius 1 is 0.877 bits per heavy atom. The highest BCUT2D eigenvalue weighted by atomic mass is 32.2. The molecule has 5 aliphatic rings. The van der Waals surface area contributed by atoms with Crippen LogP contribution in [-0.2, 0) is 19.0 Å². The standard InChI is InChI=1S/C44H59N3O16S2/c1-17-10-9-11-18(2)41(59)46-28-34(54)26-25(35(55)39(28)65-15-13-45-43(64)47-42-37(57)36(56)33(53)24(16-48)62-42)27-38(22(6)32(26)52)63-44(7,40(27)58)61-14-12-23(60-8)19(3)30(50)21(5)31(51)20(4)29(17)49/h9-12,14,17,19-21,23-24,29-31,33,36-37,42,48-53,56-57H,13,15-16H2,1-8H3,(H,46,59)(H2,45,47,64)/b10-9+,14-12+,18-11-/t17-,19-,20-,21+,23+,24-,29+,30-,31+,33-,36+,37-,42-,44+/m1/s1. The van der Waals surface area contributed by atoms with Gasteiger partial charge in [-0.2, -0.15) is 0 Å². The number of thioether (sulfide) groups is 1. The molecule has 0 saturated carbocycles. The number of carbonyl (C=O) groups is 4. The smallest absolute Gasteiger partial charge is 0.312 e. The molecule has 0 radical (unpaired) electrons. The molecule has 358 valence electrons. The summed E-state index contributed by atoms with van der Waals surface area (Å²) in [6.07, 6.45) is -4.53. The van der Waals surface area contributed by atoms with Crippen molar-refractivity contribution in [1.82, 2.24) is 16.0 Å². The molecule has 11 N–H and O–H groups in total. The van der Waals surface area contributed by atoms with Gasteiger partial charge in [-0.3, -0.25) is 19.2 Å². The Balaban J connectivity index is 1.52. The van der Waals surface area contributed by atoms with Gasteiger partial charge in [0.25, 0.3) is 11.7 Å². The van der Waals surface area contributed by atoms with Crippen molar-refractivity contribution in [2.24, 2.45) is 23.7 Å². The maximum atomic E-state index is 14.7. The predicted molar refractivity (Wildman–Crippen MR) is 239 cm³/mol.